The van der Waals surface area contributed by atoms with E-state index < -0.39 is 23.6 Å². The van der Waals surface area contributed by atoms with Gasteiger partial charge in [0.15, 0.2) is 0 Å². The van der Waals surface area contributed by atoms with Crippen molar-refractivity contribution in [2.45, 2.75) is 19.6 Å². The summed E-state index contributed by atoms with van der Waals surface area (Å²) < 4.78 is 45.5. The van der Waals surface area contributed by atoms with Crippen LogP contribution in [0.2, 0.25) is 0 Å². The molecule has 106 valence electrons. The Balaban J connectivity index is 2.14. The third-order valence-electron chi connectivity index (χ3n) is 2.87. The molecule has 0 radical (unpaired) electrons. The second-order valence-corrected chi connectivity index (χ2v) is 4.35. The van der Waals surface area contributed by atoms with Crippen LogP contribution in [0.15, 0.2) is 36.4 Å². The summed E-state index contributed by atoms with van der Waals surface area (Å²) in [5, 5.41) is 9.30. The van der Waals surface area contributed by atoms with E-state index in [1.165, 1.54) is 25.1 Å². The number of ether oxygens (including phenoxy) is 1. The van der Waals surface area contributed by atoms with Gasteiger partial charge in [0.2, 0.25) is 0 Å². The Morgan fingerprint density at radius 3 is 2.25 bits per heavy atom. The van der Waals surface area contributed by atoms with Gasteiger partial charge < -0.3 is 9.84 Å². The Bertz CT molecular complexity index is 592. The fraction of sp³-hybridized carbons (Fsp3) is 0.200. The van der Waals surface area contributed by atoms with Gasteiger partial charge in [0.1, 0.15) is 29.8 Å². The predicted octanol–water partition coefficient (Wildman–Crippen LogP) is 3.74. The van der Waals surface area contributed by atoms with Crippen molar-refractivity contribution in [3.05, 3.63) is 65.0 Å². The zero-order valence-electron chi connectivity index (χ0n) is 10.7. The summed E-state index contributed by atoms with van der Waals surface area (Å²) >= 11 is 0. The number of hydrogen-bond donors (Lipinski definition) is 1. The van der Waals surface area contributed by atoms with Gasteiger partial charge in [-0.3, -0.25) is 0 Å². The van der Waals surface area contributed by atoms with Crippen molar-refractivity contribution in [3.8, 4) is 5.75 Å². The smallest absolute Gasteiger partial charge is 0.132 e. The van der Waals surface area contributed by atoms with Gasteiger partial charge in [-0.2, -0.15) is 0 Å². The van der Waals surface area contributed by atoms with E-state index in [0.29, 0.717) is 0 Å². The van der Waals surface area contributed by atoms with E-state index in [9.17, 15) is 18.3 Å². The van der Waals surface area contributed by atoms with Gasteiger partial charge >= 0.3 is 0 Å². The molecule has 1 unspecified atom stereocenters. The summed E-state index contributed by atoms with van der Waals surface area (Å²) in [7, 11) is 0. The number of benzene rings is 2. The average Bonchev–Trinajstić information content (AvgIpc) is 2.37. The molecule has 5 heteroatoms. The van der Waals surface area contributed by atoms with Gasteiger partial charge in [-0.1, -0.05) is 6.07 Å². The summed E-state index contributed by atoms with van der Waals surface area (Å²) in [6.07, 6.45) is -0.937. The summed E-state index contributed by atoms with van der Waals surface area (Å²) in [5.41, 5.74) is -0.0815. The molecule has 0 aliphatic heterocycles. The number of aliphatic hydroxyl groups excluding tert-OH is 1. The SMILES string of the molecule is CC(O)c1ccc(OCc2c(F)cccc2F)cc1F. The molecule has 0 saturated heterocycles. The Hall–Kier alpha value is -2.01. The minimum atomic E-state index is -0.937. The molecule has 0 heterocycles. The molecule has 0 saturated carbocycles. The van der Waals surface area contributed by atoms with E-state index in [0.717, 1.165) is 18.2 Å². The zero-order valence-corrected chi connectivity index (χ0v) is 10.7. The fourth-order valence-electron chi connectivity index (χ4n) is 1.76. The molecule has 2 aromatic carbocycles. The van der Waals surface area contributed by atoms with Crippen LogP contribution in [0.1, 0.15) is 24.2 Å². The van der Waals surface area contributed by atoms with Gasteiger partial charge in [-0.15, -0.1) is 0 Å². The van der Waals surface area contributed by atoms with E-state index >= 15 is 0 Å². The quantitative estimate of drug-likeness (QED) is 0.925. The first-order valence-electron chi connectivity index (χ1n) is 6.02. The van der Waals surface area contributed by atoms with Crippen LogP contribution < -0.4 is 4.74 Å². The van der Waals surface area contributed by atoms with E-state index in [1.807, 2.05) is 0 Å². The van der Waals surface area contributed by atoms with Crippen LogP contribution >= 0.6 is 0 Å². The third kappa shape index (κ3) is 3.11. The molecule has 0 bridgehead atoms. The van der Waals surface area contributed by atoms with Crippen LogP contribution in [-0.2, 0) is 6.61 Å². The molecular weight excluding hydrogens is 269 g/mol. The molecule has 0 aliphatic carbocycles. The highest BCUT2D eigenvalue weighted by Gasteiger charge is 2.11. The maximum atomic E-state index is 13.6. The molecule has 0 fully saturated rings. The normalized spacial score (nSPS) is 12.2. The van der Waals surface area contributed by atoms with E-state index in [1.54, 1.807) is 0 Å². The van der Waals surface area contributed by atoms with Crippen molar-refractivity contribution in [3.63, 3.8) is 0 Å². The number of halogens is 3. The van der Waals surface area contributed by atoms with Crippen molar-refractivity contribution in [2.75, 3.05) is 0 Å². The fourth-order valence-corrected chi connectivity index (χ4v) is 1.76. The Kier molecular flexibility index (Phi) is 4.29. The Morgan fingerprint density at radius 1 is 1.05 bits per heavy atom. The van der Waals surface area contributed by atoms with Crippen molar-refractivity contribution in [1.29, 1.82) is 0 Å². The maximum Gasteiger partial charge on any atom is 0.132 e. The molecule has 2 nitrogen and oxygen atoms in total. The summed E-state index contributed by atoms with van der Waals surface area (Å²) in [6, 6.07) is 7.38. The van der Waals surface area contributed by atoms with Crippen molar-refractivity contribution in [1.82, 2.24) is 0 Å². The van der Waals surface area contributed by atoms with E-state index in [2.05, 4.69) is 0 Å². The second kappa shape index (κ2) is 5.96. The first kappa shape index (κ1) is 14.4. The minimum Gasteiger partial charge on any atom is -0.489 e. The Morgan fingerprint density at radius 2 is 1.70 bits per heavy atom. The van der Waals surface area contributed by atoms with Crippen LogP contribution in [0.3, 0.4) is 0 Å². The van der Waals surface area contributed by atoms with Gasteiger partial charge in [0.25, 0.3) is 0 Å². The highest BCUT2D eigenvalue weighted by Crippen LogP contribution is 2.23. The van der Waals surface area contributed by atoms with E-state index in [-0.39, 0.29) is 23.5 Å². The molecule has 0 aromatic heterocycles. The lowest BCUT2D eigenvalue weighted by atomic mass is 10.1. The van der Waals surface area contributed by atoms with Gasteiger partial charge in [-0.05, 0) is 31.2 Å². The molecule has 0 amide bonds. The number of rotatable bonds is 4. The minimum absolute atomic E-state index is 0.134. The largest absolute Gasteiger partial charge is 0.489 e. The van der Waals surface area contributed by atoms with Crippen molar-refractivity contribution in [2.24, 2.45) is 0 Å². The van der Waals surface area contributed by atoms with Crippen LogP contribution in [-0.4, -0.2) is 5.11 Å². The van der Waals surface area contributed by atoms with Gasteiger partial charge in [0, 0.05) is 11.6 Å². The lowest BCUT2D eigenvalue weighted by Gasteiger charge is -2.11. The van der Waals surface area contributed by atoms with Crippen molar-refractivity contribution >= 4 is 0 Å². The van der Waals surface area contributed by atoms with Crippen molar-refractivity contribution < 1.29 is 23.0 Å². The monoisotopic (exact) mass is 282 g/mol. The molecular formula is C15H13F3O2. The molecule has 0 aliphatic rings. The molecule has 0 spiro atoms. The average molecular weight is 282 g/mol. The van der Waals surface area contributed by atoms with Crippen LogP contribution in [0.25, 0.3) is 0 Å². The van der Waals surface area contributed by atoms with E-state index in [4.69, 9.17) is 4.74 Å². The maximum absolute atomic E-state index is 13.6. The van der Waals surface area contributed by atoms with Gasteiger partial charge in [-0.25, -0.2) is 13.2 Å². The second-order valence-electron chi connectivity index (χ2n) is 4.35. The highest BCUT2D eigenvalue weighted by atomic mass is 19.1. The predicted molar refractivity (Wildman–Crippen MR) is 67.7 cm³/mol. The van der Waals surface area contributed by atoms with Crippen LogP contribution in [0.5, 0.6) is 5.75 Å². The standard InChI is InChI=1S/C15H13F3O2/c1-9(19)11-6-5-10(7-15(11)18)20-8-12-13(16)3-2-4-14(12)17/h2-7,9,19H,8H2,1H3. The summed E-state index contributed by atoms with van der Waals surface area (Å²) in [5.74, 6) is -1.93. The molecule has 20 heavy (non-hydrogen) atoms. The topological polar surface area (TPSA) is 29.5 Å². The summed E-state index contributed by atoms with van der Waals surface area (Å²) in [6.45, 7) is 1.10. The van der Waals surface area contributed by atoms with Crippen LogP contribution in [0.4, 0.5) is 13.2 Å². The Labute approximate surface area is 114 Å². The summed E-state index contributed by atoms with van der Waals surface area (Å²) in [4.78, 5) is 0. The molecule has 2 aromatic rings. The first-order chi connectivity index (χ1) is 9.49. The van der Waals surface area contributed by atoms with Gasteiger partial charge in [0.05, 0.1) is 11.7 Å². The number of hydrogen-bond acceptors (Lipinski definition) is 2. The molecule has 2 rings (SSSR count). The highest BCUT2D eigenvalue weighted by molar-refractivity contribution is 5.30. The lowest BCUT2D eigenvalue weighted by Crippen LogP contribution is -2.03. The lowest BCUT2D eigenvalue weighted by molar-refractivity contribution is 0.193. The molecule has 1 atom stereocenters. The zero-order chi connectivity index (χ0) is 14.7. The third-order valence-corrected chi connectivity index (χ3v) is 2.87. The first-order valence-corrected chi connectivity index (χ1v) is 6.02. The molecule has 1 N–H and O–H groups in total. The van der Waals surface area contributed by atoms with Crippen LogP contribution in [0, 0.1) is 17.5 Å². The number of aliphatic hydroxyl groups is 1.